The highest BCUT2D eigenvalue weighted by Crippen LogP contribution is 2.06. The van der Waals surface area contributed by atoms with Crippen molar-refractivity contribution in [1.82, 2.24) is 4.57 Å². The normalized spacial score (nSPS) is 10.5. The van der Waals surface area contributed by atoms with Crippen LogP contribution in [0.5, 0.6) is 0 Å². The van der Waals surface area contributed by atoms with Gasteiger partial charge in [-0.1, -0.05) is 0 Å². The Morgan fingerprint density at radius 1 is 1.50 bits per heavy atom. The van der Waals surface area contributed by atoms with Gasteiger partial charge in [0.2, 0.25) is 0 Å². The summed E-state index contributed by atoms with van der Waals surface area (Å²) >= 11 is 0. The van der Waals surface area contributed by atoms with E-state index in [1.807, 2.05) is 19.9 Å². The third-order valence-electron chi connectivity index (χ3n) is 2.27. The number of hydrogen-bond acceptors (Lipinski definition) is 3. The lowest BCUT2D eigenvalue weighted by Gasteiger charge is -2.11. The summed E-state index contributed by atoms with van der Waals surface area (Å²) in [6.07, 6.45) is 0. The largest absolute Gasteiger partial charge is 0.394 e. The summed E-state index contributed by atoms with van der Waals surface area (Å²) < 4.78 is 6.56. The maximum absolute atomic E-state index is 11.7. The first-order valence-corrected chi connectivity index (χ1v) is 4.53. The minimum atomic E-state index is -0.125. The van der Waals surface area contributed by atoms with E-state index >= 15 is 0 Å². The highest BCUT2D eigenvalue weighted by molar-refractivity contribution is 5.44. The molecule has 1 heterocycles. The first kappa shape index (κ1) is 10.8. The van der Waals surface area contributed by atoms with Crippen LogP contribution in [0.25, 0.3) is 0 Å². The molecule has 0 spiro atoms. The zero-order chi connectivity index (χ0) is 10.7. The first-order chi connectivity index (χ1) is 6.57. The van der Waals surface area contributed by atoms with Crippen LogP contribution in [0.3, 0.4) is 0 Å². The van der Waals surface area contributed by atoms with Crippen LogP contribution < -0.4 is 11.3 Å². The van der Waals surface area contributed by atoms with Crippen molar-refractivity contribution >= 4 is 5.69 Å². The third kappa shape index (κ3) is 1.96. The average molecular weight is 196 g/mol. The summed E-state index contributed by atoms with van der Waals surface area (Å²) in [6, 6.07) is 1.91. The Balaban J connectivity index is 3.16. The minimum Gasteiger partial charge on any atom is -0.394 e. The summed E-state index contributed by atoms with van der Waals surface area (Å²) in [5.41, 5.74) is 7.60. The molecule has 4 nitrogen and oxygen atoms in total. The van der Waals surface area contributed by atoms with E-state index in [4.69, 9.17) is 10.5 Å². The number of nitrogens with zero attached hydrogens (tertiary/aromatic N) is 1. The van der Waals surface area contributed by atoms with Gasteiger partial charge in [0.1, 0.15) is 5.69 Å². The SMILES string of the molecule is COCCn1c(C)cc(C)c(N)c1=O. The third-order valence-corrected chi connectivity index (χ3v) is 2.27. The van der Waals surface area contributed by atoms with Crippen LogP contribution in [-0.4, -0.2) is 18.3 Å². The van der Waals surface area contributed by atoms with E-state index in [9.17, 15) is 4.79 Å². The number of nitrogen functional groups attached to an aromatic ring is 1. The van der Waals surface area contributed by atoms with Crippen molar-refractivity contribution < 1.29 is 4.74 Å². The standard InChI is InChI=1S/C10H16N2O2/c1-7-6-8(2)12(4-5-14-3)10(13)9(7)11/h6H,4-5,11H2,1-3H3. The van der Waals surface area contributed by atoms with Crippen molar-refractivity contribution in [3.05, 3.63) is 27.7 Å². The summed E-state index contributed by atoms with van der Waals surface area (Å²) in [4.78, 5) is 11.7. The molecule has 0 aliphatic rings. The summed E-state index contributed by atoms with van der Waals surface area (Å²) in [6.45, 7) is 4.79. The second kappa shape index (κ2) is 4.28. The van der Waals surface area contributed by atoms with Crippen molar-refractivity contribution in [2.24, 2.45) is 0 Å². The number of methoxy groups -OCH3 is 1. The van der Waals surface area contributed by atoms with Gasteiger partial charge in [-0.05, 0) is 25.5 Å². The zero-order valence-electron chi connectivity index (χ0n) is 8.83. The molecule has 0 saturated heterocycles. The van der Waals surface area contributed by atoms with E-state index in [0.717, 1.165) is 11.3 Å². The molecule has 1 rings (SSSR count). The molecule has 0 radical (unpaired) electrons. The van der Waals surface area contributed by atoms with Gasteiger partial charge in [0.15, 0.2) is 0 Å². The maximum Gasteiger partial charge on any atom is 0.274 e. The number of hydrogen-bond donors (Lipinski definition) is 1. The van der Waals surface area contributed by atoms with Gasteiger partial charge >= 0.3 is 0 Å². The van der Waals surface area contributed by atoms with Gasteiger partial charge in [-0.3, -0.25) is 4.79 Å². The van der Waals surface area contributed by atoms with E-state index in [0.29, 0.717) is 18.8 Å². The number of pyridine rings is 1. The number of rotatable bonds is 3. The molecular formula is C10H16N2O2. The Morgan fingerprint density at radius 3 is 2.71 bits per heavy atom. The number of nitrogens with two attached hydrogens (primary N) is 1. The Kier molecular flexibility index (Phi) is 3.30. The summed E-state index contributed by atoms with van der Waals surface area (Å²) in [7, 11) is 1.61. The van der Waals surface area contributed by atoms with Gasteiger partial charge in [0.25, 0.3) is 5.56 Å². The number of anilines is 1. The molecule has 0 fully saturated rings. The van der Waals surface area contributed by atoms with Crippen molar-refractivity contribution in [3.8, 4) is 0 Å². The molecule has 2 N–H and O–H groups in total. The molecule has 0 aliphatic carbocycles. The molecule has 0 amide bonds. The number of aromatic nitrogens is 1. The lowest BCUT2D eigenvalue weighted by atomic mass is 10.2. The fourth-order valence-electron chi connectivity index (χ4n) is 1.40. The molecule has 0 aliphatic heterocycles. The summed E-state index contributed by atoms with van der Waals surface area (Å²) in [5.74, 6) is 0. The van der Waals surface area contributed by atoms with Gasteiger partial charge in [-0.25, -0.2) is 0 Å². The zero-order valence-corrected chi connectivity index (χ0v) is 8.83. The van der Waals surface area contributed by atoms with Crippen LogP contribution in [0.2, 0.25) is 0 Å². The average Bonchev–Trinajstić information content (AvgIpc) is 2.14. The highest BCUT2D eigenvalue weighted by atomic mass is 16.5. The van der Waals surface area contributed by atoms with Crippen LogP contribution >= 0.6 is 0 Å². The second-order valence-electron chi connectivity index (χ2n) is 3.33. The van der Waals surface area contributed by atoms with Crippen LogP contribution in [0.1, 0.15) is 11.3 Å². The molecule has 0 atom stereocenters. The van der Waals surface area contributed by atoms with E-state index in [1.165, 1.54) is 0 Å². The Hall–Kier alpha value is -1.29. The quantitative estimate of drug-likeness (QED) is 0.774. The maximum atomic E-state index is 11.7. The molecule has 1 aromatic rings. The second-order valence-corrected chi connectivity index (χ2v) is 3.33. The van der Waals surface area contributed by atoms with Gasteiger partial charge in [-0.15, -0.1) is 0 Å². The highest BCUT2D eigenvalue weighted by Gasteiger charge is 2.06. The molecular weight excluding hydrogens is 180 g/mol. The molecule has 0 saturated carbocycles. The van der Waals surface area contributed by atoms with Crippen LogP contribution in [0.4, 0.5) is 5.69 Å². The van der Waals surface area contributed by atoms with Gasteiger partial charge in [0.05, 0.1) is 6.61 Å². The molecule has 78 valence electrons. The topological polar surface area (TPSA) is 57.2 Å². The lowest BCUT2D eigenvalue weighted by Crippen LogP contribution is -2.27. The smallest absolute Gasteiger partial charge is 0.274 e. The van der Waals surface area contributed by atoms with Gasteiger partial charge < -0.3 is 15.0 Å². The van der Waals surface area contributed by atoms with E-state index in [-0.39, 0.29) is 5.56 Å². The molecule has 1 aromatic heterocycles. The van der Waals surface area contributed by atoms with Gasteiger partial charge in [-0.2, -0.15) is 0 Å². The van der Waals surface area contributed by atoms with Crippen LogP contribution in [-0.2, 0) is 11.3 Å². The molecule has 0 bridgehead atoms. The predicted molar refractivity (Wildman–Crippen MR) is 56.5 cm³/mol. The van der Waals surface area contributed by atoms with Gasteiger partial charge in [0, 0.05) is 19.3 Å². The van der Waals surface area contributed by atoms with E-state index in [1.54, 1.807) is 11.7 Å². The minimum absolute atomic E-state index is 0.125. The summed E-state index contributed by atoms with van der Waals surface area (Å²) in [5, 5.41) is 0. The molecule has 0 unspecified atom stereocenters. The fourth-order valence-corrected chi connectivity index (χ4v) is 1.40. The Morgan fingerprint density at radius 2 is 2.14 bits per heavy atom. The fraction of sp³-hybridized carbons (Fsp3) is 0.500. The van der Waals surface area contributed by atoms with Crippen molar-refractivity contribution in [3.63, 3.8) is 0 Å². The van der Waals surface area contributed by atoms with Crippen molar-refractivity contribution in [2.45, 2.75) is 20.4 Å². The van der Waals surface area contributed by atoms with E-state index in [2.05, 4.69) is 0 Å². The van der Waals surface area contributed by atoms with Crippen molar-refractivity contribution in [1.29, 1.82) is 0 Å². The van der Waals surface area contributed by atoms with Crippen LogP contribution in [0, 0.1) is 13.8 Å². The van der Waals surface area contributed by atoms with Crippen molar-refractivity contribution in [2.75, 3.05) is 19.5 Å². The molecule has 0 aromatic carbocycles. The van der Waals surface area contributed by atoms with E-state index < -0.39 is 0 Å². The van der Waals surface area contributed by atoms with Crippen LogP contribution in [0.15, 0.2) is 10.9 Å². The number of ether oxygens (including phenoxy) is 1. The first-order valence-electron chi connectivity index (χ1n) is 4.53. The Bertz CT molecular complexity index is 382. The molecule has 14 heavy (non-hydrogen) atoms. The number of aryl methyl sites for hydroxylation is 2. The monoisotopic (exact) mass is 196 g/mol. The predicted octanol–water partition coefficient (Wildman–Crippen LogP) is 0.694. The lowest BCUT2D eigenvalue weighted by molar-refractivity contribution is 0.185. The molecule has 4 heteroatoms. The Labute approximate surface area is 83.3 Å².